The summed E-state index contributed by atoms with van der Waals surface area (Å²) in [6.07, 6.45) is 0. The van der Waals surface area contributed by atoms with Crippen LogP contribution in [0.2, 0.25) is 0 Å². The minimum absolute atomic E-state index is 0. The first kappa shape index (κ1) is 16.6. The van der Waals surface area contributed by atoms with Gasteiger partial charge in [-0.25, -0.2) is 0 Å². The van der Waals surface area contributed by atoms with Crippen molar-refractivity contribution < 1.29 is 12.4 Å². The van der Waals surface area contributed by atoms with Gasteiger partial charge in [0.25, 0.3) is 0 Å². The summed E-state index contributed by atoms with van der Waals surface area (Å²) in [7, 11) is 0. The molecule has 8 heteroatoms. The fraction of sp³-hybridized carbons (Fsp3) is 0. The van der Waals surface area contributed by atoms with E-state index in [2.05, 4.69) is 0 Å². The van der Waals surface area contributed by atoms with E-state index in [0.29, 0.717) is 0 Å². The van der Waals surface area contributed by atoms with Crippen molar-refractivity contribution in [2.75, 3.05) is 0 Å². The molecule has 0 aromatic rings. The quantitative estimate of drug-likeness (QED) is 0.576. The maximum absolute atomic E-state index is 4.98. The zero-order valence-corrected chi connectivity index (χ0v) is 8.59. The van der Waals surface area contributed by atoms with E-state index in [1.807, 2.05) is 0 Å². The maximum atomic E-state index is 4.98. The zero-order valence-electron chi connectivity index (χ0n) is 3.16. The first-order chi connectivity index (χ1) is 2.24. The standard InChI is InChI=1S/Cl5P.ClH.N/c1-6(2,3,4)5;;/h;1H;/q;;+1/p-1. The molecule has 0 N–H and O–H groups in total. The molecular weight excluding hydrogens is 258 g/mol. The largest absolute Gasteiger partial charge is 1.00 e. The van der Waals surface area contributed by atoms with Crippen molar-refractivity contribution in [2.24, 2.45) is 0 Å². The fourth-order valence-corrected chi connectivity index (χ4v) is 0. The Kier molecular flexibility index (Phi) is 8.52. The third-order valence-corrected chi connectivity index (χ3v) is 0. The van der Waals surface area contributed by atoms with E-state index in [9.17, 15) is 0 Å². The van der Waals surface area contributed by atoms with Crippen LogP contribution in [0.25, 0.3) is 0 Å². The minimum Gasteiger partial charge on any atom is -1.00 e. The Morgan fingerprint density at radius 3 is 0.750 bits per heavy atom. The third kappa shape index (κ3) is 91.1. The molecule has 0 saturated heterocycles. The van der Waals surface area contributed by atoms with Crippen molar-refractivity contribution in [3.05, 3.63) is 0 Å². The molecule has 0 aromatic heterocycles. The molecule has 0 aliphatic rings. The van der Waals surface area contributed by atoms with Crippen LogP contribution in [-0.2, 0) is 0 Å². The molecule has 0 aromatic carbocycles. The SMILES string of the molecule is ClP(Cl)(Cl)(Cl)Cl.[Cl-].[N+]. The van der Waals surface area contributed by atoms with Crippen LogP contribution in [-0.4, -0.2) is 0 Å². The molecule has 0 amide bonds. The van der Waals surface area contributed by atoms with E-state index in [1.54, 1.807) is 0 Å². The summed E-state index contributed by atoms with van der Waals surface area (Å²) in [6.45, 7) is 0. The summed E-state index contributed by atoms with van der Waals surface area (Å²) >= 11 is 24.9. The molecule has 0 rings (SSSR count). The van der Waals surface area contributed by atoms with Gasteiger partial charge in [0.05, 0.1) is 0 Å². The Morgan fingerprint density at radius 1 is 0.750 bits per heavy atom. The van der Waals surface area contributed by atoms with Gasteiger partial charge in [-0.1, -0.05) is 0 Å². The molecule has 0 unspecified atom stereocenters. The smallest absolute Gasteiger partial charge is 1.00 e. The second kappa shape index (κ2) is 4.10. The summed E-state index contributed by atoms with van der Waals surface area (Å²) in [5, 5.41) is 0. The summed E-state index contributed by atoms with van der Waals surface area (Å²) in [5.41, 5.74) is 0. The van der Waals surface area contributed by atoms with Gasteiger partial charge in [-0.15, -0.1) is 0 Å². The van der Waals surface area contributed by atoms with Gasteiger partial charge >= 0.3 is 65.7 Å². The van der Waals surface area contributed by atoms with Gasteiger partial charge in [0, 0.05) is 0 Å². The molecule has 1 nitrogen and oxygen atoms in total. The third-order valence-electron chi connectivity index (χ3n) is 0. The Labute approximate surface area is 77.8 Å². The van der Waals surface area contributed by atoms with Crippen molar-refractivity contribution in [2.45, 2.75) is 0 Å². The van der Waals surface area contributed by atoms with Crippen molar-refractivity contribution in [1.82, 2.24) is 6.15 Å². The molecule has 0 heterocycles. The molecule has 52 valence electrons. The minimum atomic E-state index is -3.69. The first-order valence-corrected chi connectivity index (χ1v) is 7.61. The van der Waals surface area contributed by atoms with E-state index < -0.39 is 3.37 Å². The van der Waals surface area contributed by atoms with Crippen LogP contribution >= 0.6 is 59.6 Å². The number of hydrogen-bond donors (Lipinski definition) is 0. The Balaban J connectivity index is -0.000000125. The average Bonchev–Trinajstić information content (AvgIpc) is 0.650. The van der Waals surface area contributed by atoms with Gasteiger partial charge in [0.1, 0.15) is 0 Å². The summed E-state index contributed by atoms with van der Waals surface area (Å²) in [6, 6.07) is 0. The van der Waals surface area contributed by atoms with E-state index in [-0.39, 0.29) is 18.6 Å². The summed E-state index contributed by atoms with van der Waals surface area (Å²) in [4.78, 5) is 0. The van der Waals surface area contributed by atoms with Crippen LogP contribution in [0.15, 0.2) is 0 Å². The zero-order chi connectivity index (χ0) is 5.45. The number of rotatable bonds is 0. The molecule has 8 heavy (non-hydrogen) atoms. The van der Waals surface area contributed by atoms with Gasteiger partial charge in [-0.2, -0.15) is 0 Å². The van der Waals surface area contributed by atoms with Crippen molar-refractivity contribution in [1.29, 1.82) is 0 Å². The van der Waals surface area contributed by atoms with E-state index in [4.69, 9.17) is 56.2 Å². The van der Waals surface area contributed by atoms with Gasteiger partial charge in [0.2, 0.25) is 0 Å². The predicted molar refractivity (Wildman–Crippen MR) is 38.3 cm³/mol. The second-order valence-electron chi connectivity index (χ2n) is 0.639. The molecule has 0 saturated carbocycles. The predicted octanol–water partition coefficient (Wildman–Crippen LogP) is 0.832. The number of nitrogens with zero attached hydrogens (tertiary/aromatic N) is 1. The molecular formula is Cl6NP. The van der Waals surface area contributed by atoms with Crippen molar-refractivity contribution in [3.63, 3.8) is 0 Å². The van der Waals surface area contributed by atoms with Gasteiger partial charge in [0.15, 0.2) is 0 Å². The molecule has 0 aliphatic heterocycles. The Hall–Kier alpha value is 2.13. The molecule has 0 atom stereocenters. The van der Waals surface area contributed by atoms with Crippen LogP contribution in [0.4, 0.5) is 0 Å². The number of halogens is 6. The summed E-state index contributed by atoms with van der Waals surface area (Å²) < 4.78 is -3.69. The number of hydrogen-bond acceptors (Lipinski definition) is 0. The van der Waals surface area contributed by atoms with Crippen LogP contribution in [0.5, 0.6) is 0 Å². The van der Waals surface area contributed by atoms with Gasteiger partial charge < -0.3 is 12.4 Å². The molecule has 4 radical (unpaired) electrons. The van der Waals surface area contributed by atoms with Crippen molar-refractivity contribution in [3.8, 4) is 0 Å². The average molecular weight is 258 g/mol. The van der Waals surface area contributed by atoms with Crippen molar-refractivity contribution >= 4 is 59.6 Å². The van der Waals surface area contributed by atoms with E-state index in [0.717, 1.165) is 0 Å². The van der Waals surface area contributed by atoms with E-state index in [1.165, 1.54) is 0 Å². The van der Waals surface area contributed by atoms with Crippen LogP contribution in [0.1, 0.15) is 0 Å². The van der Waals surface area contributed by atoms with Crippen LogP contribution in [0, 0.1) is 0 Å². The maximum Gasteiger partial charge on any atom is 1.00 e. The Morgan fingerprint density at radius 2 is 0.750 bits per heavy atom. The normalized spacial score (nSPS) is 14.4. The molecule has 0 aliphatic carbocycles. The molecule has 0 bridgehead atoms. The second-order valence-corrected chi connectivity index (χ2v) is 17.2. The van der Waals surface area contributed by atoms with E-state index >= 15 is 0 Å². The fourth-order valence-electron chi connectivity index (χ4n) is 0. The van der Waals surface area contributed by atoms with Crippen LogP contribution < -0.4 is 18.6 Å². The first-order valence-electron chi connectivity index (χ1n) is 0.845. The molecule has 0 spiro atoms. The Bertz CT molecular complexity index is 41.7. The van der Waals surface area contributed by atoms with Crippen LogP contribution in [0.3, 0.4) is 0 Å². The van der Waals surface area contributed by atoms with Gasteiger partial charge in [-0.3, -0.25) is 0 Å². The molecule has 0 fully saturated rings. The summed E-state index contributed by atoms with van der Waals surface area (Å²) in [5.74, 6) is 0. The monoisotopic (exact) mass is 255 g/mol. The topological polar surface area (TPSA) is 30.5 Å². The van der Waals surface area contributed by atoms with Gasteiger partial charge in [-0.05, 0) is 0 Å².